The number of rotatable bonds is 6. The number of pyridine rings is 1. The van der Waals surface area contributed by atoms with Gasteiger partial charge in [0.15, 0.2) is 0 Å². The zero-order valence-electron chi connectivity index (χ0n) is 15.7. The van der Waals surface area contributed by atoms with Crippen molar-refractivity contribution in [3.05, 3.63) is 58.4 Å². The van der Waals surface area contributed by atoms with Crippen LogP contribution in [-0.4, -0.2) is 36.6 Å². The summed E-state index contributed by atoms with van der Waals surface area (Å²) in [6.45, 7) is 3.86. The molecule has 1 aliphatic rings. The lowest BCUT2D eigenvalue weighted by molar-refractivity contribution is -0.0910. The van der Waals surface area contributed by atoms with E-state index < -0.39 is 0 Å². The van der Waals surface area contributed by atoms with E-state index in [1.54, 1.807) is 24.8 Å². The molecule has 0 unspecified atom stereocenters. The van der Waals surface area contributed by atoms with Crippen LogP contribution in [0.15, 0.2) is 47.3 Å². The molecule has 0 radical (unpaired) electrons. The molecule has 140 valence electrons. The van der Waals surface area contributed by atoms with Crippen molar-refractivity contribution in [1.29, 1.82) is 0 Å². The highest BCUT2D eigenvalue weighted by molar-refractivity contribution is 5.79. The van der Waals surface area contributed by atoms with Crippen LogP contribution < -0.4 is 5.56 Å². The minimum Gasteiger partial charge on any atom is -0.378 e. The zero-order valence-corrected chi connectivity index (χ0v) is 15.7. The largest absolute Gasteiger partial charge is 0.378 e. The van der Waals surface area contributed by atoms with Crippen molar-refractivity contribution in [1.82, 2.24) is 4.57 Å². The van der Waals surface area contributed by atoms with E-state index in [1.165, 1.54) is 0 Å². The van der Waals surface area contributed by atoms with Crippen molar-refractivity contribution < 1.29 is 14.2 Å². The Kier molecular flexibility index (Phi) is 5.91. The lowest BCUT2D eigenvalue weighted by Gasteiger charge is -2.36. The molecule has 1 fully saturated rings. The minimum atomic E-state index is -0.241. The van der Waals surface area contributed by atoms with Crippen LogP contribution in [0.2, 0.25) is 0 Å². The average Bonchev–Trinajstić information content (AvgIpc) is 2.64. The lowest BCUT2D eigenvalue weighted by Crippen LogP contribution is -2.39. The first-order valence-corrected chi connectivity index (χ1v) is 9.04. The topological polar surface area (TPSA) is 49.7 Å². The summed E-state index contributed by atoms with van der Waals surface area (Å²) in [6, 6.07) is 9.48. The molecular formula is C21H27NO4. The van der Waals surface area contributed by atoms with Crippen LogP contribution in [0.3, 0.4) is 0 Å². The second-order valence-corrected chi connectivity index (χ2v) is 6.95. The van der Waals surface area contributed by atoms with Crippen LogP contribution in [0.1, 0.15) is 25.3 Å². The lowest BCUT2D eigenvalue weighted by atomic mass is 9.90. The first kappa shape index (κ1) is 18.8. The first-order chi connectivity index (χ1) is 12.5. The summed E-state index contributed by atoms with van der Waals surface area (Å²) in [5, 5.41) is 1.04. The first-order valence-electron chi connectivity index (χ1n) is 9.04. The molecule has 0 aliphatic carbocycles. The summed E-state index contributed by atoms with van der Waals surface area (Å²) in [6.07, 6.45) is 6.09. The maximum atomic E-state index is 11.7. The van der Waals surface area contributed by atoms with Crippen LogP contribution in [0.5, 0.6) is 0 Å². The molecule has 0 N–H and O–H groups in total. The molecule has 5 heteroatoms. The van der Waals surface area contributed by atoms with E-state index in [4.69, 9.17) is 14.2 Å². The van der Waals surface area contributed by atoms with Gasteiger partial charge in [0, 0.05) is 39.7 Å². The summed E-state index contributed by atoms with van der Waals surface area (Å²) in [5.74, 6) is 0. The quantitative estimate of drug-likeness (QED) is 0.588. The number of fused-ring (bicyclic) bond motifs is 1. The van der Waals surface area contributed by atoms with E-state index in [0.29, 0.717) is 13.2 Å². The second kappa shape index (κ2) is 8.16. The van der Waals surface area contributed by atoms with Gasteiger partial charge in [-0.05, 0) is 36.1 Å². The fourth-order valence-corrected chi connectivity index (χ4v) is 3.52. The summed E-state index contributed by atoms with van der Waals surface area (Å²) < 4.78 is 18.8. The van der Waals surface area contributed by atoms with Crippen LogP contribution in [0, 0.1) is 0 Å². The van der Waals surface area contributed by atoms with Gasteiger partial charge in [0.1, 0.15) is 0 Å². The number of aromatic nitrogens is 1. The van der Waals surface area contributed by atoms with E-state index in [1.807, 2.05) is 24.3 Å². The number of ether oxygens (including phenoxy) is 3. The summed E-state index contributed by atoms with van der Waals surface area (Å²) >= 11 is 0. The van der Waals surface area contributed by atoms with Crippen molar-refractivity contribution in [2.75, 3.05) is 20.3 Å². The van der Waals surface area contributed by atoms with Gasteiger partial charge < -0.3 is 18.8 Å². The molecule has 1 aromatic heterocycles. The molecule has 1 aliphatic heterocycles. The van der Waals surface area contributed by atoms with Crippen LogP contribution in [0.4, 0.5) is 0 Å². The van der Waals surface area contributed by atoms with Gasteiger partial charge in [-0.2, -0.15) is 0 Å². The Hall–Kier alpha value is -1.95. The molecule has 1 saturated heterocycles. The van der Waals surface area contributed by atoms with Gasteiger partial charge in [-0.1, -0.05) is 18.2 Å². The van der Waals surface area contributed by atoms with Gasteiger partial charge >= 0.3 is 0 Å². The normalized spacial score (nSPS) is 23.7. The summed E-state index contributed by atoms with van der Waals surface area (Å²) in [7, 11) is 3.54. The van der Waals surface area contributed by atoms with E-state index in [-0.39, 0.29) is 17.3 Å². The number of hydrogen-bond acceptors (Lipinski definition) is 4. The predicted octanol–water partition coefficient (Wildman–Crippen LogP) is 3.20. The molecule has 2 aromatic rings. The highest BCUT2D eigenvalue weighted by Gasteiger charge is 2.32. The number of benzene rings is 1. The Bertz CT molecular complexity index is 842. The maximum absolute atomic E-state index is 11.7. The van der Waals surface area contributed by atoms with Crippen molar-refractivity contribution >= 4 is 10.9 Å². The standard InChI is InChI=1S/C21H27NO4/c1-16-14-21(24-3,10-12-26-16)9-4-11-25-15-17-5-7-19-18(13-17)6-8-20(23)22(19)2/h4-9,13,16H,10-12,14-15H2,1-3H3/t16-,21-/m0/s1. The molecule has 0 saturated carbocycles. The zero-order chi connectivity index (χ0) is 18.6. The third kappa shape index (κ3) is 4.23. The van der Waals surface area contributed by atoms with Gasteiger partial charge in [-0.15, -0.1) is 0 Å². The van der Waals surface area contributed by atoms with E-state index in [9.17, 15) is 4.79 Å². The Labute approximate surface area is 154 Å². The van der Waals surface area contributed by atoms with Gasteiger partial charge in [0.2, 0.25) is 0 Å². The Balaban J connectivity index is 1.57. The summed E-state index contributed by atoms with van der Waals surface area (Å²) in [5.41, 5.74) is 1.78. The number of nitrogens with zero attached hydrogens (tertiary/aromatic N) is 1. The van der Waals surface area contributed by atoms with Crippen molar-refractivity contribution in [2.45, 2.75) is 38.1 Å². The Morgan fingerprint density at radius 1 is 1.35 bits per heavy atom. The monoisotopic (exact) mass is 357 g/mol. The molecule has 26 heavy (non-hydrogen) atoms. The molecule has 0 bridgehead atoms. The highest BCUT2D eigenvalue weighted by atomic mass is 16.5. The average molecular weight is 357 g/mol. The number of methoxy groups -OCH3 is 1. The van der Waals surface area contributed by atoms with E-state index in [0.717, 1.165) is 35.9 Å². The SMILES string of the molecule is CO[C@@]1(C=CCOCc2ccc3c(ccc(=O)n3C)c2)CCO[C@@H](C)C1. The highest BCUT2D eigenvalue weighted by Crippen LogP contribution is 2.29. The minimum absolute atomic E-state index is 0.00106. The second-order valence-electron chi connectivity index (χ2n) is 6.95. The maximum Gasteiger partial charge on any atom is 0.250 e. The molecule has 1 aromatic carbocycles. The molecular weight excluding hydrogens is 330 g/mol. The van der Waals surface area contributed by atoms with Crippen molar-refractivity contribution in [3.8, 4) is 0 Å². The van der Waals surface area contributed by atoms with Gasteiger partial charge in [-0.3, -0.25) is 4.79 Å². The third-order valence-corrected chi connectivity index (χ3v) is 5.06. The summed E-state index contributed by atoms with van der Waals surface area (Å²) in [4.78, 5) is 11.7. The van der Waals surface area contributed by atoms with Crippen LogP contribution in [-0.2, 0) is 27.9 Å². The molecule has 2 heterocycles. The molecule has 0 spiro atoms. The van der Waals surface area contributed by atoms with Crippen LogP contribution >= 0.6 is 0 Å². The molecule has 2 atom stereocenters. The van der Waals surface area contributed by atoms with E-state index >= 15 is 0 Å². The van der Waals surface area contributed by atoms with Crippen molar-refractivity contribution in [3.63, 3.8) is 0 Å². The molecule has 0 amide bonds. The third-order valence-electron chi connectivity index (χ3n) is 5.06. The molecule has 3 rings (SSSR count). The van der Waals surface area contributed by atoms with Gasteiger partial charge in [-0.25, -0.2) is 0 Å². The smallest absolute Gasteiger partial charge is 0.250 e. The fraction of sp³-hybridized carbons (Fsp3) is 0.476. The number of hydrogen-bond donors (Lipinski definition) is 0. The molecule has 5 nitrogen and oxygen atoms in total. The Morgan fingerprint density at radius 3 is 2.96 bits per heavy atom. The van der Waals surface area contributed by atoms with Crippen molar-refractivity contribution in [2.24, 2.45) is 7.05 Å². The number of aryl methyl sites for hydroxylation is 1. The van der Waals surface area contributed by atoms with E-state index in [2.05, 4.69) is 19.1 Å². The van der Waals surface area contributed by atoms with Crippen LogP contribution in [0.25, 0.3) is 10.9 Å². The fourth-order valence-electron chi connectivity index (χ4n) is 3.52. The Morgan fingerprint density at radius 2 is 2.19 bits per heavy atom. The van der Waals surface area contributed by atoms with Gasteiger partial charge in [0.25, 0.3) is 5.56 Å². The van der Waals surface area contributed by atoms with Gasteiger partial charge in [0.05, 0.1) is 30.4 Å². The predicted molar refractivity (Wildman–Crippen MR) is 102 cm³/mol.